The number of rotatable bonds is 7. The van der Waals surface area contributed by atoms with Crippen LogP contribution in [0.2, 0.25) is 0 Å². The fourth-order valence-corrected chi connectivity index (χ4v) is 4.96. The smallest absolute Gasteiger partial charge is 0.275 e. The Labute approximate surface area is 211 Å². The van der Waals surface area contributed by atoms with Crippen LogP contribution in [0.5, 0.6) is 5.75 Å². The number of carbonyl (C=O) groups excluding carboxylic acids is 1. The van der Waals surface area contributed by atoms with Gasteiger partial charge in [-0.25, -0.2) is 14.1 Å². The van der Waals surface area contributed by atoms with Crippen molar-refractivity contribution < 1.29 is 18.3 Å². The summed E-state index contributed by atoms with van der Waals surface area (Å²) >= 11 is 0. The molecule has 1 fully saturated rings. The minimum atomic E-state index is -0.697. The largest absolute Gasteiger partial charge is 0.494 e. The maximum atomic E-state index is 14.1. The molecule has 0 saturated heterocycles. The first kappa shape index (κ1) is 23.1. The van der Waals surface area contributed by atoms with E-state index in [0.717, 1.165) is 11.1 Å². The summed E-state index contributed by atoms with van der Waals surface area (Å²) in [5.41, 5.74) is 2.06. The van der Waals surface area contributed by atoms with Gasteiger partial charge in [-0.15, -0.1) is 0 Å². The van der Waals surface area contributed by atoms with Gasteiger partial charge in [-0.3, -0.25) is 9.59 Å². The van der Waals surface area contributed by atoms with E-state index in [1.165, 1.54) is 16.8 Å². The number of aromatic nitrogens is 3. The molecule has 0 aliphatic heterocycles. The minimum absolute atomic E-state index is 0.108. The second-order valence-corrected chi connectivity index (χ2v) is 9.38. The lowest BCUT2D eigenvalue weighted by Gasteiger charge is -2.17. The van der Waals surface area contributed by atoms with Crippen LogP contribution in [0.15, 0.2) is 69.9 Å². The van der Waals surface area contributed by atoms with Gasteiger partial charge < -0.3 is 9.15 Å². The highest BCUT2D eigenvalue weighted by Gasteiger charge is 2.51. The Bertz CT molecular complexity index is 1750. The first-order valence-corrected chi connectivity index (χ1v) is 12.2. The third-order valence-electron chi connectivity index (χ3n) is 6.97. The number of hydrogen-bond donors (Lipinski definition) is 0. The molecule has 186 valence electrons. The molecule has 0 amide bonds. The molecule has 8 heteroatoms. The number of oxazole rings is 1. The predicted octanol–water partition coefficient (Wildman–Crippen LogP) is 5.35. The van der Waals surface area contributed by atoms with E-state index in [1.54, 1.807) is 37.3 Å². The number of benzene rings is 3. The lowest BCUT2D eigenvalue weighted by molar-refractivity contribution is -0.122. The SMILES string of the molecule is CCOc1ccc2c(-c3cccc(F)c3)nn(CC(=O)C3(c4ccc5nc(C)oc5c4)CC3)c(=O)c2c1. The normalized spacial score (nSPS) is 14.2. The van der Waals surface area contributed by atoms with Crippen molar-refractivity contribution in [3.05, 3.63) is 88.3 Å². The first-order valence-electron chi connectivity index (χ1n) is 12.2. The standard InChI is InChI=1S/C29H24FN3O4/c1-3-36-21-8-9-22-23(15-21)28(35)33(32-27(22)18-5-4-6-20(30)13-18)16-26(34)29(11-12-29)19-7-10-24-25(14-19)37-17(2)31-24/h4-10,13-15H,3,11-12,16H2,1-2H3. The topological polar surface area (TPSA) is 87.2 Å². The van der Waals surface area contributed by atoms with E-state index >= 15 is 0 Å². The quantitative estimate of drug-likeness (QED) is 0.301. The molecule has 1 saturated carbocycles. The van der Waals surface area contributed by atoms with Crippen LogP contribution in [-0.2, 0) is 16.8 Å². The Balaban J connectivity index is 1.44. The van der Waals surface area contributed by atoms with Crippen LogP contribution in [0, 0.1) is 12.7 Å². The van der Waals surface area contributed by atoms with Gasteiger partial charge in [0.25, 0.3) is 5.56 Å². The van der Waals surface area contributed by atoms with Gasteiger partial charge in [-0.1, -0.05) is 18.2 Å². The van der Waals surface area contributed by atoms with Crippen LogP contribution in [-0.4, -0.2) is 27.2 Å². The summed E-state index contributed by atoms with van der Waals surface area (Å²) in [4.78, 5) is 31.5. The molecular formula is C29H24FN3O4. The average Bonchev–Trinajstić information content (AvgIpc) is 3.61. The number of hydrogen-bond acceptors (Lipinski definition) is 6. The van der Waals surface area contributed by atoms with Crippen LogP contribution in [0.3, 0.4) is 0 Å². The van der Waals surface area contributed by atoms with E-state index in [-0.39, 0.29) is 12.3 Å². The highest BCUT2D eigenvalue weighted by atomic mass is 19.1. The Hall–Kier alpha value is -4.33. The third kappa shape index (κ3) is 3.98. The maximum absolute atomic E-state index is 14.1. The predicted molar refractivity (Wildman–Crippen MR) is 137 cm³/mol. The van der Waals surface area contributed by atoms with Gasteiger partial charge in [0, 0.05) is 17.9 Å². The van der Waals surface area contributed by atoms with E-state index in [4.69, 9.17) is 9.15 Å². The molecule has 6 rings (SSSR count). The molecule has 1 aliphatic rings. The van der Waals surface area contributed by atoms with Gasteiger partial charge >= 0.3 is 0 Å². The first-order chi connectivity index (χ1) is 17.9. The Kier molecular flexibility index (Phi) is 5.40. The van der Waals surface area contributed by atoms with Crippen molar-refractivity contribution in [1.82, 2.24) is 14.8 Å². The molecule has 7 nitrogen and oxygen atoms in total. The summed E-state index contributed by atoms with van der Waals surface area (Å²) in [6, 6.07) is 16.8. The van der Waals surface area contributed by atoms with Gasteiger partial charge in [0.1, 0.15) is 23.6 Å². The molecule has 0 atom stereocenters. The van der Waals surface area contributed by atoms with E-state index in [0.29, 0.717) is 58.7 Å². The highest BCUT2D eigenvalue weighted by Crippen LogP contribution is 2.49. The number of Topliss-reactive ketones (excluding diaryl/α,β-unsaturated/α-hetero) is 1. The molecule has 0 radical (unpaired) electrons. The molecular weight excluding hydrogens is 473 g/mol. The number of aryl methyl sites for hydroxylation is 1. The van der Waals surface area contributed by atoms with E-state index in [1.807, 2.05) is 25.1 Å². The summed E-state index contributed by atoms with van der Waals surface area (Å²) in [6.07, 6.45) is 1.36. The van der Waals surface area contributed by atoms with Crippen LogP contribution in [0.25, 0.3) is 33.1 Å². The lowest BCUT2D eigenvalue weighted by Crippen LogP contribution is -2.32. The zero-order valence-corrected chi connectivity index (χ0v) is 20.5. The molecule has 2 aromatic heterocycles. The fourth-order valence-electron chi connectivity index (χ4n) is 4.96. The summed E-state index contributed by atoms with van der Waals surface area (Å²) in [5, 5.41) is 5.49. The van der Waals surface area contributed by atoms with E-state index in [2.05, 4.69) is 10.1 Å². The maximum Gasteiger partial charge on any atom is 0.275 e. The molecule has 3 aromatic carbocycles. The Morgan fingerprint density at radius 1 is 1.11 bits per heavy atom. The zero-order valence-electron chi connectivity index (χ0n) is 20.5. The van der Waals surface area contributed by atoms with E-state index < -0.39 is 16.8 Å². The van der Waals surface area contributed by atoms with Crippen molar-refractivity contribution >= 4 is 27.7 Å². The molecule has 1 aliphatic carbocycles. The van der Waals surface area contributed by atoms with E-state index in [9.17, 15) is 14.0 Å². The Morgan fingerprint density at radius 3 is 2.70 bits per heavy atom. The molecule has 2 heterocycles. The van der Waals surface area contributed by atoms with Crippen molar-refractivity contribution in [2.45, 2.75) is 38.6 Å². The molecule has 5 aromatic rings. The molecule has 37 heavy (non-hydrogen) atoms. The second-order valence-electron chi connectivity index (χ2n) is 9.38. The van der Waals surface area contributed by atoms with Gasteiger partial charge in [0.05, 0.1) is 23.1 Å². The van der Waals surface area contributed by atoms with Crippen molar-refractivity contribution in [2.75, 3.05) is 6.61 Å². The van der Waals surface area contributed by atoms with Gasteiger partial charge in [-0.05, 0) is 67.8 Å². The van der Waals surface area contributed by atoms with Gasteiger partial charge in [0.2, 0.25) is 0 Å². The van der Waals surface area contributed by atoms with Crippen molar-refractivity contribution in [1.29, 1.82) is 0 Å². The molecule has 0 N–H and O–H groups in total. The number of ketones is 1. The summed E-state index contributed by atoms with van der Waals surface area (Å²) in [7, 11) is 0. The monoisotopic (exact) mass is 497 g/mol. The second kappa shape index (κ2) is 8.65. The minimum Gasteiger partial charge on any atom is -0.494 e. The Morgan fingerprint density at radius 2 is 1.95 bits per heavy atom. The average molecular weight is 498 g/mol. The van der Waals surface area contributed by atoms with Crippen molar-refractivity contribution in [3.8, 4) is 17.0 Å². The summed E-state index contributed by atoms with van der Waals surface area (Å²) < 4.78 is 26.6. The number of nitrogens with zero attached hydrogens (tertiary/aromatic N) is 3. The molecule has 0 bridgehead atoms. The van der Waals surface area contributed by atoms with Crippen LogP contribution in [0.1, 0.15) is 31.2 Å². The number of ether oxygens (including phenoxy) is 1. The van der Waals surface area contributed by atoms with Crippen molar-refractivity contribution in [2.24, 2.45) is 0 Å². The summed E-state index contributed by atoms with van der Waals surface area (Å²) in [5.74, 6) is 0.576. The number of fused-ring (bicyclic) bond motifs is 2. The highest BCUT2D eigenvalue weighted by molar-refractivity contribution is 5.96. The summed E-state index contributed by atoms with van der Waals surface area (Å²) in [6.45, 7) is 3.88. The molecule has 0 spiro atoms. The van der Waals surface area contributed by atoms with Gasteiger partial charge in [0.15, 0.2) is 17.3 Å². The lowest BCUT2D eigenvalue weighted by atomic mass is 9.91. The number of halogens is 1. The van der Waals surface area contributed by atoms with Crippen LogP contribution >= 0.6 is 0 Å². The van der Waals surface area contributed by atoms with Gasteiger partial charge in [-0.2, -0.15) is 5.10 Å². The van der Waals surface area contributed by atoms with Crippen LogP contribution in [0.4, 0.5) is 4.39 Å². The zero-order chi connectivity index (χ0) is 25.7. The van der Waals surface area contributed by atoms with Crippen LogP contribution < -0.4 is 10.3 Å². The van der Waals surface area contributed by atoms with Crippen molar-refractivity contribution in [3.63, 3.8) is 0 Å². The molecule has 0 unspecified atom stereocenters. The fraction of sp³-hybridized carbons (Fsp3) is 0.241. The number of carbonyl (C=O) groups is 1. The third-order valence-corrected chi connectivity index (χ3v) is 6.97.